The summed E-state index contributed by atoms with van der Waals surface area (Å²) in [5.41, 5.74) is 1.73. The first kappa shape index (κ1) is 13.1. The lowest BCUT2D eigenvalue weighted by molar-refractivity contribution is -0.00509. The zero-order valence-corrected chi connectivity index (χ0v) is 11.6. The number of hydrogen-bond donors (Lipinski definition) is 1. The molecule has 0 amide bonds. The van der Waals surface area contributed by atoms with Crippen LogP contribution in [0.4, 0.5) is 0 Å². The van der Waals surface area contributed by atoms with Gasteiger partial charge in [0.1, 0.15) is 0 Å². The van der Waals surface area contributed by atoms with Gasteiger partial charge >= 0.3 is 0 Å². The predicted molar refractivity (Wildman–Crippen MR) is 77.4 cm³/mol. The van der Waals surface area contributed by atoms with Crippen molar-refractivity contribution in [3.8, 4) is 0 Å². The molecule has 19 heavy (non-hydrogen) atoms. The van der Waals surface area contributed by atoms with Crippen molar-refractivity contribution in [2.75, 3.05) is 39.4 Å². The number of rotatable bonds is 3. The van der Waals surface area contributed by atoms with Crippen LogP contribution >= 0.6 is 0 Å². The highest BCUT2D eigenvalue weighted by atomic mass is 16.5. The van der Waals surface area contributed by atoms with Crippen LogP contribution in [0.3, 0.4) is 0 Å². The van der Waals surface area contributed by atoms with Gasteiger partial charge in [-0.25, -0.2) is 0 Å². The van der Waals surface area contributed by atoms with Gasteiger partial charge < -0.3 is 15.0 Å². The summed E-state index contributed by atoms with van der Waals surface area (Å²) in [6.45, 7) is 6.37. The van der Waals surface area contributed by atoms with Crippen molar-refractivity contribution < 1.29 is 4.74 Å². The molecule has 0 saturated carbocycles. The summed E-state index contributed by atoms with van der Waals surface area (Å²) in [5.74, 6) is 0. The summed E-state index contributed by atoms with van der Waals surface area (Å²) in [7, 11) is 0. The minimum absolute atomic E-state index is 0.279. The maximum absolute atomic E-state index is 5.65. The van der Waals surface area contributed by atoms with Crippen LogP contribution in [-0.4, -0.2) is 49.8 Å². The minimum atomic E-state index is 0.279. The molecule has 1 spiro atoms. The Morgan fingerprint density at radius 1 is 1.16 bits per heavy atom. The Labute approximate surface area is 115 Å². The lowest BCUT2D eigenvalue weighted by atomic mass is 9.87. The molecule has 0 atom stereocenters. The molecule has 2 aliphatic heterocycles. The van der Waals surface area contributed by atoms with Crippen molar-refractivity contribution in [2.24, 2.45) is 0 Å². The van der Waals surface area contributed by atoms with Crippen LogP contribution < -0.4 is 5.32 Å². The second kappa shape index (κ2) is 6.04. The van der Waals surface area contributed by atoms with Crippen molar-refractivity contribution in [3.63, 3.8) is 0 Å². The number of nitrogens with zero attached hydrogens (tertiary/aromatic N) is 1. The Kier molecular flexibility index (Phi) is 4.16. The summed E-state index contributed by atoms with van der Waals surface area (Å²) < 4.78 is 5.65. The zero-order valence-electron chi connectivity index (χ0n) is 11.6. The van der Waals surface area contributed by atoms with Crippen LogP contribution in [0, 0.1) is 0 Å². The van der Waals surface area contributed by atoms with Gasteiger partial charge in [0.2, 0.25) is 0 Å². The summed E-state index contributed by atoms with van der Waals surface area (Å²) >= 11 is 0. The average molecular weight is 260 g/mol. The molecule has 3 nitrogen and oxygen atoms in total. The lowest BCUT2D eigenvalue weighted by Crippen LogP contribution is -2.59. The Bertz CT molecular complexity index is 377. The second-order valence-electron chi connectivity index (χ2n) is 5.84. The van der Waals surface area contributed by atoms with E-state index in [2.05, 4.69) is 40.5 Å². The first-order valence-electron chi connectivity index (χ1n) is 7.45. The van der Waals surface area contributed by atoms with Gasteiger partial charge in [-0.05, 0) is 37.9 Å². The maximum atomic E-state index is 5.65. The third kappa shape index (κ3) is 3.35. The molecule has 1 aromatic carbocycles. The van der Waals surface area contributed by atoms with Crippen molar-refractivity contribution >= 4 is 0 Å². The molecule has 1 aromatic rings. The van der Waals surface area contributed by atoms with Gasteiger partial charge in [0.25, 0.3) is 0 Å². The number of ether oxygens (including phenoxy) is 1. The van der Waals surface area contributed by atoms with Crippen LogP contribution in [-0.2, 0) is 11.2 Å². The lowest BCUT2D eigenvalue weighted by Gasteiger charge is -2.44. The molecule has 0 bridgehead atoms. The SMILES string of the molecule is c1ccc(CCN2CCC3(CC2)COCCN3)cc1. The topological polar surface area (TPSA) is 24.5 Å². The second-order valence-corrected chi connectivity index (χ2v) is 5.84. The van der Waals surface area contributed by atoms with Crippen molar-refractivity contribution in [3.05, 3.63) is 35.9 Å². The van der Waals surface area contributed by atoms with Crippen LogP contribution in [0.15, 0.2) is 30.3 Å². The molecule has 2 heterocycles. The van der Waals surface area contributed by atoms with Gasteiger partial charge in [-0.15, -0.1) is 0 Å². The third-order valence-corrected chi connectivity index (χ3v) is 4.50. The number of piperidine rings is 1. The minimum Gasteiger partial charge on any atom is -0.378 e. The van der Waals surface area contributed by atoms with E-state index >= 15 is 0 Å². The average Bonchev–Trinajstić information content (AvgIpc) is 2.49. The van der Waals surface area contributed by atoms with Gasteiger partial charge in [-0.3, -0.25) is 0 Å². The quantitative estimate of drug-likeness (QED) is 0.895. The molecule has 104 valence electrons. The van der Waals surface area contributed by atoms with Crippen LogP contribution in [0.5, 0.6) is 0 Å². The number of hydrogen-bond acceptors (Lipinski definition) is 3. The van der Waals surface area contributed by atoms with E-state index in [-0.39, 0.29) is 5.54 Å². The van der Waals surface area contributed by atoms with Crippen LogP contribution in [0.1, 0.15) is 18.4 Å². The van der Waals surface area contributed by atoms with E-state index in [1.807, 2.05) is 0 Å². The standard InChI is InChI=1S/C16H24N2O/c1-2-4-15(5-3-1)6-10-18-11-7-16(8-12-18)14-19-13-9-17-16/h1-5,17H,6-14H2. The summed E-state index contributed by atoms with van der Waals surface area (Å²) in [6, 6.07) is 10.8. The van der Waals surface area contributed by atoms with E-state index in [0.29, 0.717) is 0 Å². The predicted octanol–water partition coefficient (Wildman–Crippen LogP) is 1.68. The highest BCUT2D eigenvalue weighted by molar-refractivity contribution is 5.14. The summed E-state index contributed by atoms with van der Waals surface area (Å²) in [5, 5.41) is 3.68. The van der Waals surface area contributed by atoms with E-state index in [0.717, 1.165) is 26.2 Å². The summed E-state index contributed by atoms with van der Waals surface area (Å²) in [4.78, 5) is 2.59. The third-order valence-electron chi connectivity index (χ3n) is 4.50. The van der Waals surface area contributed by atoms with Gasteiger partial charge in [0.15, 0.2) is 0 Å². The van der Waals surface area contributed by atoms with E-state index in [1.54, 1.807) is 0 Å². The van der Waals surface area contributed by atoms with Crippen molar-refractivity contribution in [1.29, 1.82) is 0 Å². The monoisotopic (exact) mass is 260 g/mol. The normalized spacial score (nSPS) is 23.6. The zero-order chi connectivity index (χ0) is 13.0. The maximum Gasteiger partial charge on any atom is 0.0649 e. The van der Waals surface area contributed by atoms with Crippen LogP contribution in [0.2, 0.25) is 0 Å². The smallest absolute Gasteiger partial charge is 0.0649 e. The highest BCUT2D eigenvalue weighted by Crippen LogP contribution is 2.24. The van der Waals surface area contributed by atoms with Crippen molar-refractivity contribution in [1.82, 2.24) is 10.2 Å². The number of nitrogens with one attached hydrogen (secondary N) is 1. The molecule has 2 aliphatic rings. The Hall–Kier alpha value is -0.900. The van der Waals surface area contributed by atoms with Gasteiger partial charge in [0, 0.05) is 18.6 Å². The Morgan fingerprint density at radius 3 is 2.63 bits per heavy atom. The number of likely N-dealkylation sites (tertiary alicyclic amines) is 1. The van der Waals surface area contributed by atoms with E-state index < -0.39 is 0 Å². The fourth-order valence-corrected chi connectivity index (χ4v) is 3.16. The molecule has 0 radical (unpaired) electrons. The van der Waals surface area contributed by atoms with Crippen molar-refractivity contribution in [2.45, 2.75) is 24.8 Å². The summed E-state index contributed by atoms with van der Waals surface area (Å²) in [6.07, 6.45) is 3.61. The Morgan fingerprint density at radius 2 is 1.95 bits per heavy atom. The first-order chi connectivity index (χ1) is 9.36. The van der Waals surface area contributed by atoms with E-state index in [4.69, 9.17) is 4.74 Å². The number of morpholine rings is 1. The largest absolute Gasteiger partial charge is 0.378 e. The number of benzene rings is 1. The first-order valence-corrected chi connectivity index (χ1v) is 7.45. The molecule has 0 unspecified atom stereocenters. The van der Waals surface area contributed by atoms with Gasteiger partial charge in [-0.2, -0.15) is 0 Å². The molecule has 3 heteroatoms. The van der Waals surface area contributed by atoms with Gasteiger partial charge in [-0.1, -0.05) is 30.3 Å². The molecule has 1 N–H and O–H groups in total. The highest BCUT2D eigenvalue weighted by Gasteiger charge is 2.35. The molecular formula is C16H24N2O. The van der Waals surface area contributed by atoms with Gasteiger partial charge in [0.05, 0.1) is 13.2 Å². The molecule has 2 saturated heterocycles. The Balaban J connectivity index is 1.45. The van der Waals surface area contributed by atoms with E-state index in [1.165, 1.54) is 38.0 Å². The molecular weight excluding hydrogens is 236 g/mol. The fourth-order valence-electron chi connectivity index (χ4n) is 3.16. The molecule has 0 aliphatic carbocycles. The molecule has 0 aromatic heterocycles. The van der Waals surface area contributed by atoms with E-state index in [9.17, 15) is 0 Å². The molecule has 2 fully saturated rings. The molecule has 3 rings (SSSR count). The van der Waals surface area contributed by atoms with Crippen LogP contribution in [0.25, 0.3) is 0 Å². The fraction of sp³-hybridized carbons (Fsp3) is 0.625.